The number of hydrogen-bond donors (Lipinski definition) is 0. The van der Waals surface area contributed by atoms with Crippen LogP contribution in [-0.2, 0) is 0 Å². The summed E-state index contributed by atoms with van der Waals surface area (Å²) in [6.07, 6.45) is 3.77. The van der Waals surface area contributed by atoms with Crippen LogP contribution in [0.3, 0.4) is 0 Å². The summed E-state index contributed by atoms with van der Waals surface area (Å²) in [6.45, 7) is 7.69. The van der Waals surface area contributed by atoms with E-state index in [1.165, 1.54) is 11.1 Å². The van der Waals surface area contributed by atoms with Crippen molar-refractivity contribution in [2.75, 3.05) is 0 Å². The molecule has 78 valence electrons. The molecule has 16 heavy (non-hydrogen) atoms. The summed E-state index contributed by atoms with van der Waals surface area (Å²) in [5.74, 6) is 0. The van der Waals surface area contributed by atoms with Gasteiger partial charge < -0.3 is 0 Å². The maximum absolute atomic E-state index is 3.85. The Hall–Kier alpha value is -2.08. The van der Waals surface area contributed by atoms with Crippen LogP contribution in [0.1, 0.15) is 11.1 Å². The fourth-order valence-electron chi connectivity index (χ4n) is 1.84. The van der Waals surface area contributed by atoms with Gasteiger partial charge in [0.1, 0.15) is 0 Å². The fourth-order valence-corrected chi connectivity index (χ4v) is 1.84. The summed E-state index contributed by atoms with van der Waals surface area (Å²) in [4.78, 5) is 0. The Kier molecular flexibility index (Phi) is 3.02. The maximum Gasteiger partial charge on any atom is -0.0106 e. The summed E-state index contributed by atoms with van der Waals surface area (Å²) < 4.78 is 0. The number of hydrogen-bond acceptors (Lipinski definition) is 0. The molecule has 0 fully saturated rings. The molecule has 2 aromatic rings. The van der Waals surface area contributed by atoms with E-state index >= 15 is 0 Å². The van der Waals surface area contributed by atoms with Gasteiger partial charge >= 0.3 is 0 Å². The first-order valence-corrected chi connectivity index (χ1v) is 5.30. The number of rotatable bonds is 3. The lowest BCUT2D eigenvalue weighted by Gasteiger charge is -2.09. The summed E-state index contributed by atoms with van der Waals surface area (Å²) in [6, 6.07) is 16.5. The minimum Gasteiger partial charge on any atom is -0.0984 e. The van der Waals surface area contributed by atoms with Crippen LogP contribution in [0, 0.1) is 0 Å². The van der Waals surface area contributed by atoms with E-state index in [-0.39, 0.29) is 0 Å². The van der Waals surface area contributed by atoms with Crippen molar-refractivity contribution in [1.82, 2.24) is 0 Å². The molecule has 0 saturated heterocycles. The van der Waals surface area contributed by atoms with Gasteiger partial charge in [-0.2, -0.15) is 0 Å². The van der Waals surface area contributed by atoms with Crippen molar-refractivity contribution in [2.45, 2.75) is 0 Å². The van der Waals surface area contributed by atoms with Gasteiger partial charge in [-0.05, 0) is 22.3 Å². The Balaban J connectivity index is 2.67. The second-order valence-corrected chi connectivity index (χ2v) is 3.58. The van der Waals surface area contributed by atoms with E-state index in [1.54, 1.807) is 0 Å². The highest BCUT2D eigenvalue weighted by atomic mass is 14.1. The molecule has 0 amide bonds. The average Bonchev–Trinajstić information content (AvgIpc) is 2.38. The Morgan fingerprint density at radius 3 is 1.38 bits per heavy atom. The molecular weight excluding hydrogens is 192 g/mol. The predicted molar refractivity (Wildman–Crippen MR) is 72.1 cm³/mol. The van der Waals surface area contributed by atoms with Gasteiger partial charge in [0.2, 0.25) is 0 Å². The quantitative estimate of drug-likeness (QED) is 0.686. The molecule has 0 heterocycles. The van der Waals surface area contributed by atoms with Crippen molar-refractivity contribution < 1.29 is 0 Å². The Labute approximate surface area is 96.6 Å². The van der Waals surface area contributed by atoms with Crippen LogP contribution in [0.15, 0.2) is 61.7 Å². The van der Waals surface area contributed by atoms with Gasteiger partial charge in [-0.15, -0.1) is 0 Å². The van der Waals surface area contributed by atoms with Crippen LogP contribution in [0.25, 0.3) is 23.3 Å². The molecule has 0 aromatic heterocycles. The van der Waals surface area contributed by atoms with E-state index in [1.807, 2.05) is 36.4 Å². The molecule has 0 nitrogen and oxygen atoms in total. The first-order chi connectivity index (χ1) is 7.86. The normalized spacial score (nSPS) is 9.75. The summed E-state index contributed by atoms with van der Waals surface area (Å²) in [5.41, 5.74) is 4.70. The third-order valence-electron chi connectivity index (χ3n) is 2.65. The van der Waals surface area contributed by atoms with Crippen LogP contribution in [0.5, 0.6) is 0 Å². The molecule has 0 bridgehead atoms. The summed E-state index contributed by atoms with van der Waals surface area (Å²) in [5, 5.41) is 0. The Morgan fingerprint density at radius 1 is 0.625 bits per heavy atom. The average molecular weight is 206 g/mol. The standard InChI is InChI=1S/C16H14/c1-3-13-9-5-7-11-15(13)16-12-8-6-10-14(16)4-2/h3-12H,1-2H2. The zero-order chi connectivity index (χ0) is 11.4. The van der Waals surface area contributed by atoms with E-state index in [4.69, 9.17) is 0 Å². The minimum atomic E-state index is 1.15. The maximum atomic E-state index is 3.85. The third-order valence-corrected chi connectivity index (χ3v) is 2.65. The predicted octanol–water partition coefficient (Wildman–Crippen LogP) is 4.64. The lowest BCUT2D eigenvalue weighted by atomic mass is 9.95. The van der Waals surface area contributed by atoms with Gasteiger partial charge in [-0.3, -0.25) is 0 Å². The summed E-state index contributed by atoms with van der Waals surface area (Å²) in [7, 11) is 0. The molecule has 0 aliphatic carbocycles. The van der Waals surface area contributed by atoms with Gasteiger partial charge in [-0.1, -0.05) is 73.8 Å². The molecule has 0 spiro atoms. The highest BCUT2D eigenvalue weighted by Gasteiger charge is 2.04. The fraction of sp³-hybridized carbons (Fsp3) is 0. The monoisotopic (exact) mass is 206 g/mol. The van der Waals surface area contributed by atoms with Crippen LogP contribution >= 0.6 is 0 Å². The van der Waals surface area contributed by atoms with Gasteiger partial charge in [0.05, 0.1) is 0 Å². The molecule has 0 heteroatoms. The van der Waals surface area contributed by atoms with Gasteiger partial charge in [0.15, 0.2) is 0 Å². The highest BCUT2D eigenvalue weighted by molar-refractivity contribution is 5.80. The lowest BCUT2D eigenvalue weighted by Crippen LogP contribution is -1.85. The molecule has 0 saturated carbocycles. The molecule has 2 rings (SSSR count). The first kappa shape index (κ1) is 10.4. The molecular formula is C16H14. The van der Waals surface area contributed by atoms with Crippen LogP contribution in [0.4, 0.5) is 0 Å². The minimum absolute atomic E-state index is 1.15. The van der Waals surface area contributed by atoms with Crippen molar-refractivity contribution in [3.05, 3.63) is 72.8 Å². The second kappa shape index (κ2) is 4.63. The molecule has 0 radical (unpaired) electrons. The summed E-state index contributed by atoms with van der Waals surface area (Å²) >= 11 is 0. The van der Waals surface area contributed by atoms with E-state index < -0.39 is 0 Å². The van der Waals surface area contributed by atoms with E-state index in [0.29, 0.717) is 0 Å². The molecule has 0 aliphatic rings. The zero-order valence-corrected chi connectivity index (χ0v) is 9.19. The van der Waals surface area contributed by atoms with Crippen LogP contribution in [-0.4, -0.2) is 0 Å². The van der Waals surface area contributed by atoms with Crippen molar-refractivity contribution in [3.63, 3.8) is 0 Å². The van der Waals surface area contributed by atoms with Crippen molar-refractivity contribution in [1.29, 1.82) is 0 Å². The van der Waals surface area contributed by atoms with Gasteiger partial charge in [0, 0.05) is 0 Å². The van der Waals surface area contributed by atoms with Crippen molar-refractivity contribution in [3.8, 4) is 11.1 Å². The zero-order valence-electron chi connectivity index (χ0n) is 9.19. The molecule has 0 atom stereocenters. The molecule has 0 N–H and O–H groups in total. The highest BCUT2D eigenvalue weighted by Crippen LogP contribution is 2.28. The van der Waals surface area contributed by atoms with Crippen molar-refractivity contribution in [2.24, 2.45) is 0 Å². The molecule has 2 aromatic carbocycles. The molecule has 0 aliphatic heterocycles. The van der Waals surface area contributed by atoms with Crippen LogP contribution < -0.4 is 0 Å². The molecule has 0 unspecified atom stereocenters. The SMILES string of the molecule is C=Cc1ccccc1-c1ccccc1C=C. The topological polar surface area (TPSA) is 0 Å². The van der Waals surface area contributed by atoms with E-state index in [2.05, 4.69) is 37.4 Å². The van der Waals surface area contributed by atoms with Crippen LogP contribution in [0.2, 0.25) is 0 Å². The van der Waals surface area contributed by atoms with Crippen molar-refractivity contribution >= 4 is 12.2 Å². The smallest absolute Gasteiger partial charge is 0.0106 e. The number of benzene rings is 2. The van der Waals surface area contributed by atoms with Gasteiger partial charge in [0.25, 0.3) is 0 Å². The lowest BCUT2D eigenvalue weighted by molar-refractivity contribution is 1.57. The Bertz CT molecular complexity index is 472. The third kappa shape index (κ3) is 1.82. The van der Waals surface area contributed by atoms with Gasteiger partial charge in [-0.25, -0.2) is 0 Å². The first-order valence-electron chi connectivity index (χ1n) is 5.30. The second-order valence-electron chi connectivity index (χ2n) is 3.58. The van der Waals surface area contributed by atoms with E-state index in [9.17, 15) is 0 Å². The van der Waals surface area contributed by atoms with E-state index in [0.717, 1.165) is 11.1 Å². The largest absolute Gasteiger partial charge is 0.0984 e. The Morgan fingerprint density at radius 2 is 1.00 bits per heavy atom.